The van der Waals surface area contributed by atoms with Gasteiger partial charge in [0, 0.05) is 5.69 Å². The van der Waals surface area contributed by atoms with Crippen molar-refractivity contribution in [2.45, 2.75) is 91.9 Å². The highest BCUT2D eigenvalue weighted by Crippen LogP contribution is 2.66. The van der Waals surface area contributed by atoms with Crippen LogP contribution in [0.4, 0.5) is 17.1 Å². The summed E-state index contributed by atoms with van der Waals surface area (Å²) in [6.45, 7) is 29.1. The highest BCUT2D eigenvalue weighted by atomic mass is 31.2. The third kappa shape index (κ3) is 5.56. The minimum Gasteiger partial charge on any atom is -0.303 e. The third-order valence-corrected chi connectivity index (χ3v) is 20.5. The molecule has 0 aromatic heterocycles. The van der Waals surface area contributed by atoms with Crippen LogP contribution in [0.5, 0.6) is 0 Å². The molecule has 3 heteroatoms. The molecule has 0 saturated heterocycles. The molecule has 200 valence electrons. The predicted molar refractivity (Wildman–Crippen MR) is 176 cm³/mol. The quantitative estimate of drug-likeness (QED) is 0.246. The number of anilines is 3. The molecule has 3 aromatic carbocycles. The van der Waals surface area contributed by atoms with Gasteiger partial charge < -0.3 is 4.90 Å². The molecular formula is C34H51NP2+2. The Morgan fingerprint density at radius 1 is 0.514 bits per heavy atom. The number of nitrogens with zero attached hydrogens (tertiary/aromatic N) is 1. The van der Waals surface area contributed by atoms with Crippen molar-refractivity contribution in [2.24, 2.45) is 0 Å². The van der Waals surface area contributed by atoms with Gasteiger partial charge in [-0.3, -0.25) is 0 Å². The zero-order valence-electron chi connectivity index (χ0n) is 25.5. The number of hydrogen-bond acceptors (Lipinski definition) is 1. The Morgan fingerprint density at radius 2 is 0.865 bits per heavy atom. The lowest BCUT2D eigenvalue weighted by atomic mass is 10.1. The molecule has 0 N–H and O–H groups in total. The van der Waals surface area contributed by atoms with Crippen LogP contribution < -0.4 is 15.5 Å². The first-order valence-corrected chi connectivity index (χ1v) is 18.8. The molecule has 0 aliphatic rings. The molecule has 0 atom stereocenters. The molecule has 0 amide bonds. The zero-order chi connectivity index (χ0) is 27.7. The molecule has 0 spiro atoms. The summed E-state index contributed by atoms with van der Waals surface area (Å²) >= 11 is 0. The van der Waals surface area contributed by atoms with E-state index in [4.69, 9.17) is 0 Å². The lowest BCUT2D eigenvalue weighted by Gasteiger charge is -2.38. The fourth-order valence-electron chi connectivity index (χ4n) is 5.71. The van der Waals surface area contributed by atoms with Gasteiger partial charge in [-0.2, -0.15) is 0 Å². The van der Waals surface area contributed by atoms with Crippen molar-refractivity contribution < 1.29 is 0 Å². The van der Waals surface area contributed by atoms with E-state index < -0.39 is 14.5 Å². The number of benzene rings is 3. The lowest BCUT2D eigenvalue weighted by molar-refractivity contribution is 0.997. The Labute approximate surface area is 229 Å². The van der Waals surface area contributed by atoms with Crippen molar-refractivity contribution in [3.8, 4) is 0 Å². The molecule has 0 unspecified atom stereocenters. The van der Waals surface area contributed by atoms with E-state index in [2.05, 4.69) is 154 Å². The van der Waals surface area contributed by atoms with Gasteiger partial charge in [0.2, 0.25) is 0 Å². The van der Waals surface area contributed by atoms with E-state index >= 15 is 0 Å². The van der Waals surface area contributed by atoms with E-state index in [1.807, 2.05) is 0 Å². The highest BCUT2D eigenvalue weighted by Gasteiger charge is 2.47. The molecule has 0 saturated carbocycles. The summed E-state index contributed by atoms with van der Waals surface area (Å²) in [6, 6.07) is 25.5. The standard InChI is InChI=1S/C34H51NP2/c1-24(2)36(11,25(3)4)33-22-28(9)18-20-31(33)35(30-16-14-13-15-17-30)32-21-19-29(10)23-34(32)37(12,26(5)6)27(7)8/h13-27H,1-12H3/q+2. The Hall–Kier alpha value is -1.68. The van der Waals surface area contributed by atoms with E-state index in [1.54, 1.807) is 10.6 Å². The van der Waals surface area contributed by atoms with Crippen LogP contribution in [0.25, 0.3) is 0 Å². The second-order valence-corrected chi connectivity index (χ2v) is 22.0. The number of aryl methyl sites for hydroxylation is 2. The van der Waals surface area contributed by atoms with Crippen molar-refractivity contribution in [3.63, 3.8) is 0 Å². The molecule has 0 fully saturated rings. The van der Waals surface area contributed by atoms with E-state index in [1.165, 1.54) is 28.2 Å². The average molecular weight is 536 g/mol. The van der Waals surface area contributed by atoms with E-state index in [-0.39, 0.29) is 0 Å². The van der Waals surface area contributed by atoms with Crippen LogP contribution in [0, 0.1) is 13.8 Å². The molecule has 0 aliphatic carbocycles. The van der Waals surface area contributed by atoms with Crippen LogP contribution >= 0.6 is 14.5 Å². The minimum absolute atomic E-state index is 0.618. The maximum Gasteiger partial charge on any atom is 0.118 e. The Morgan fingerprint density at radius 3 is 1.19 bits per heavy atom. The predicted octanol–water partition coefficient (Wildman–Crippen LogP) is 9.95. The van der Waals surface area contributed by atoms with Crippen LogP contribution in [-0.4, -0.2) is 36.0 Å². The second kappa shape index (κ2) is 11.6. The van der Waals surface area contributed by atoms with Crippen LogP contribution in [0.15, 0.2) is 66.7 Å². The first kappa shape index (κ1) is 29.9. The van der Waals surface area contributed by atoms with Gasteiger partial charge in [0.15, 0.2) is 0 Å². The average Bonchev–Trinajstić information content (AvgIpc) is 2.84. The van der Waals surface area contributed by atoms with E-state index in [9.17, 15) is 0 Å². The summed E-state index contributed by atoms with van der Waals surface area (Å²) in [5.41, 5.74) is 9.14. The van der Waals surface area contributed by atoms with Crippen molar-refractivity contribution >= 4 is 42.2 Å². The molecule has 0 radical (unpaired) electrons. The fraction of sp³-hybridized carbons (Fsp3) is 0.471. The van der Waals surface area contributed by atoms with Crippen LogP contribution in [-0.2, 0) is 0 Å². The SMILES string of the molecule is Cc1ccc(N(c2ccccc2)c2ccc(C)cc2[P+](C)(C(C)C)C(C)C)c([P+](C)(C(C)C)C(C)C)c1. The Bertz CT molecular complexity index is 1100. The van der Waals surface area contributed by atoms with E-state index in [0.717, 1.165) is 0 Å². The second-order valence-electron chi connectivity index (χ2n) is 12.3. The van der Waals surface area contributed by atoms with Gasteiger partial charge in [-0.05, 0) is 117 Å². The first-order chi connectivity index (χ1) is 17.3. The maximum absolute atomic E-state index is 2.61. The number of hydrogen-bond donors (Lipinski definition) is 0. The zero-order valence-corrected chi connectivity index (χ0v) is 27.3. The summed E-state index contributed by atoms with van der Waals surface area (Å²) in [4.78, 5) is 2.61. The molecule has 3 rings (SSSR count). The highest BCUT2D eigenvalue weighted by molar-refractivity contribution is 7.84. The smallest absolute Gasteiger partial charge is 0.118 e. The summed E-state index contributed by atoms with van der Waals surface area (Å²) in [7, 11) is -2.92. The van der Waals surface area contributed by atoms with Crippen LogP contribution in [0.3, 0.4) is 0 Å². The summed E-state index contributed by atoms with van der Waals surface area (Å²) < 4.78 is 0. The van der Waals surface area contributed by atoms with Gasteiger partial charge in [-0.1, -0.05) is 30.3 Å². The topological polar surface area (TPSA) is 3.24 Å². The molecule has 0 heterocycles. The van der Waals surface area contributed by atoms with Crippen LogP contribution in [0.1, 0.15) is 66.5 Å². The van der Waals surface area contributed by atoms with E-state index in [0.29, 0.717) is 22.6 Å². The summed E-state index contributed by atoms with van der Waals surface area (Å²) in [6.07, 6.45) is 0. The number of para-hydroxylation sites is 1. The molecule has 1 nitrogen and oxygen atoms in total. The fourth-order valence-corrected chi connectivity index (χ4v) is 12.6. The van der Waals surface area contributed by atoms with Crippen molar-refractivity contribution in [1.29, 1.82) is 0 Å². The van der Waals surface area contributed by atoms with Crippen molar-refractivity contribution in [2.75, 3.05) is 18.2 Å². The monoisotopic (exact) mass is 535 g/mol. The Kier molecular flexibility index (Phi) is 9.36. The lowest BCUT2D eigenvalue weighted by Crippen LogP contribution is -2.33. The molecule has 3 aromatic rings. The van der Waals surface area contributed by atoms with Gasteiger partial charge in [-0.25, -0.2) is 0 Å². The van der Waals surface area contributed by atoms with Crippen molar-refractivity contribution in [1.82, 2.24) is 0 Å². The summed E-state index contributed by atoms with van der Waals surface area (Å²) in [5.74, 6) is 0. The van der Waals surface area contributed by atoms with Gasteiger partial charge in [-0.15, -0.1) is 0 Å². The summed E-state index contributed by atoms with van der Waals surface area (Å²) in [5, 5.41) is 3.11. The molecular weight excluding hydrogens is 484 g/mol. The van der Waals surface area contributed by atoms with Crippen LogP contribution in [0.2, 0.25) is 0 Å². The minimum atomic E-state index is -1.46. The Balaban J connectivity index is 2.49. The van der Waals surface area contributed by atoms with Crippen molar-refractivity contribution in [3.05, 3.63) is 77.9 Å². The largest absolute Gasteiger partial charge is 0.303 e. The van der Waals surface area contributed by atoms with Gasteiger partial charge >= 0.3 is 0 Å². The molecule has 37 heavy (non-hydrogen) atoms. The first-order valence-electron chi connectivity index (χ1n) is 14.1. The van der Waals surface area contributed by atoms with Gasteiger partial charge in [0.05, 0.1) is 61.9 Å². The van der Waals surface area contributed by atoms with Gasteiger partial charge in [0.25, 0.3) is 0 Å². The van der Waals surface area contributed by atoms with Gasteiger partial charge in [0.1, 0.15) is 10.6 Å². The third-order valence-electron chi connectivity index (χ3n) is 9.09. The molecule has 0 bridgehead atoms. The number of rotatable bonds is 9. The normalized spacial score (nSPS) is 12.8. The molecule has 0 aliphatic heterocycles. The maximum atomic E-state index is 2.61.